The van der Waals surface area contributed by atoms with Crippen molar-refractivity contribution < 1.29 is 4.39 Å². The lowest BCUT2D eigenvalue weighted by Crippen LogP contribution is -1.84. The molecule has 0 unspecified atom stereocenters. The van der Waals surface area contributed by atoms with Gasteiger partial charge in [-0.05, 0) is 41.0 Å². The Balaban J connectivity index is 3.25. The Hall–Kier alpha value is 0.520. The maximum absolute atomic E-state index is 12.8. The molecule has 0 saturated heterocycles. The van der Waals surface area contributed by atoms with Crippen LogP contribution in [0.3, 0.4) is 0 Å². The highest BCUT2D eigenvalue weighted by atomic mass is 127. The molecule has 0 fully saturated rings. The molecular weight excluding hydrogens is 297 g/mol. The zero-order chi connectivity index (χ0) is 8.43. The van der Waals surface area contributed by atoms with E-state index in [9.17, 15) is 4.39 Å². The first kappa shape index (κ1) is 9.61. The van der Waals surface area contributed by atoms with E-state index in [4.69, 9.17) is 11.6 Å². The predicted octanol–water partition coefficient (Wildman–Crippen LogP) is 3.81. The van der Waals surface area contributed by atoms with Gasteiger partial charge in [-0.3, -0.25) is 0 Å². The minimum Gasteiger partial charge on any atom is -0.206 e. The zero-order valence-electron chi connectivity index (χ0n) is 5.70. The second-order valence-electron chi connectivity index (χ2n) is 1.88. The normalized spacial score (nSPS) is 10.2. The highest BCUT2D eigenvalue weighted by Crippen LogP contribution is 2.30. The lowest BCUT2D eigenvalue weighted by molar-refractivity contribution is 0.619. The van der Waals surface area contributed by atoms with E-state index in [0.717, 1.165) is 4.90 Å². The molecular formula is C7H5ClFIS. The molecule has 0 spiro atoms. The Morgan fingerprint density at radius 1 is 1.55 bits per heavy atom. The van der Waals surface area contributed by atoms with Crippen molar-refractivity contribution in [2.24, 2.45) is 0 Å². The fraction of sp³-hybridized carbons (Fsp3) is 0.143. The Kier molecular flexibility index (Phi) is 3.46. The number of halogens is 3. The van der Waals surface area contributed by atoms with Crippen LogP contribution in [-0.4, -0.2) is 6.26 Å². The van der Waals surface area contributed by atoms with Crippen LogP contribution in [-0.2, 0) is 0 Å². The number of hydrogen-bond acceptors (Lipinski definition) is 1. The average molecular weight is 303 g/mol. The highest BCUT2D eigenvalue weighted by molar-refractivity contribution is 14.1. The van der Waals surface area contributed by atoms with Crippen LogP contribution in [0.1, 0.15) is 0 Å². The van der Waals surface area contributed by atoms with E-state index in [-0.39, 0.29) is 5.82 Å². The van der Waals surface area contributed by atoms with Gasteiger partial charge in [0, 0.05) is 4.90 Å². The molecule has 1 aromatic rings. The summed E-state index contributed by atoms with van der Waals surface area (Å²) in [7, 11) is 0. The van der Waals surface area contributed by atoms with Gasteiger partial charge in [0.05, 0.1) is 8.59 Å². The SMILES string of the molecule is CSc1ccc(F)c(I)c1Cl. The smallest absolute Gasteiger partial charge is 0.138 e. The molecule has 0 heterocycles. The van der Waals surface area contributed by atoms with Crippen LogP contribution in [0.15, 0.2) is 17.0 Å². The fourth-order valence-corrected chi connectivity index (χ4v) is 2.19. The van der Waals surface area contributed by atoms with Gasteiger partial charge in [0.1, 0.15) is 5.82 Å². The van der Waals surface area contributed by atoms with E-state index >= 15 is 0 Å². The molecule has 0 bridgehead atoms. The van der Waals surface area contributed by atoms with Gasteiger partial charge in [0.25, 0.3) is 0 Å². The minimum absolute atomic E-state index is 0.256. The van der Waals surface area contributed by atoms with Crippen LogP contribution in [0.25, 0.3) is 0 Å². The molecule has 0 atom stereocenters. The Labute approximate surface area is 87.7 Å². The Bertz CT molecular complexity index is 277. The molecule has 1 rings (SSSR count). The van der Waals surface area contributed by atoms with Crippen molar-refractivity contribution in [1.82, 2.24) is 0 Å². The maximum Gasteiger partial charge on any atom is 0.138 e. The van der Waals surface area contributed by atoms with Gasteiger partial charge in [-0.1, -0.05) is 11.6 Å². The number of rotatable bonds is 1. The standard InChI is InChI=1S/C7H5ClFIS/c1-11-5-3-2-4(9)7(10)6(5)8/h2-3H,1H3. The quantitative estimate of drug-likeness (QED) is 0.432. The van der Waals surface area contributed by atoms with E-state index in [1.54, 1.807) is 6.07 Å². The molecule has 1 aromatic carbocycles. The largest absolute Gasteiger partial charge is 0.206 e. The van der Waals surface area contributed by atoms with Crippen LogP contribution in [0, 0.1) is 9.39 Å². The van der Waals surface area contributed by atoms with E-state index in [1.807, 2.05) is 28.8 Å². The maximum atomic E-state index is 12.8. The second-order valence-corrected chi connectivity index (χ2v) is 4.18. The van der Waals surface area contributed by atoms with Gasteiger partial charge >= 0.3 is 0 Å². The van der Waals surface area contributed by atoms with Gasteiger partial charge in [-0.15, -0.1) is 11.8 Å². The van der Waals surface area contributed by atoms with Crippen LogP contribution >= 0.6 is 46.0 Å². The number of benzene rings is 1. The van der Waals surface area contributed by atoms with E-state index < -0.39 is 0 Å². The lowest BCUT2D eigenvalue weighted by atomic mass is 10.3. The molecule has 0 saturated carbocycles. The monoisotopic (exact) mass is 302 g/mol. The van der Waals surface area contributed by atoms with Gasteiger partial charge in [0.2, 0.25) is 0 Å². The van der Waals surface area contributed by atoms with Crippen molar-refractivity contribution in [3.05, 3.63) is 26.5 Å². The summed E-state index contributed by atoms with van der Waals surface area (Å²) in [4.78, 5) is 0.914. The summed E-state index contributed by atoms with van der Waals surface area (Å²) in [5.41, 5.74) is 0. The summed E-state index contributed by atoms with van der Waals surface area (Å²) in [5.74, 6) is -0.256. The zero-order valence-corrected chi connectivity index (χ0v) is 9.43. The van der Waals surface area contributed by atoms with Gasteiger partial charge in [0.15, 0.2) is 0 Å². The Morgan fingerprint density at radius 2 is 2.18 bits per heavy atom. The van der Waals surface area contributed by atoms with Crippen molar-refractivity contribution >= 4 is 46.0 Å². The average Bonchev–Trinajstić information content (AvgIpc) is 2.01. The third kappa shape index (κ3) is 2.00. The second kappa shape index (κ2) is 3.96. The van der Waals surface area contributed by atoms with Crippen molar-refractivity contribution in [1.29, 1.82) is 0 Å². The molecule has 0 nitrogen and oxygen atoms in total. The molecule has 0 aliphatic heterocycles. The molecule has 4 heteroatoms. The lowest BCUT2D eigenvalue weighted by Gasteiger charge is -2.02. The van der Waals surface area contributed by atoms with Gasteiger partial charge < -0.3 is 0 Å². The third-order valence-electron chi connectivity index (χ3n) is 1.22. The van der Waals surface area contributed by atoms with Crippen LogP contribution < -0.4 is 0 Å². The predicted molar refractivity (Wildman–Crippen MR) is 55.9 cm³/mol. The third-order valence-corrected chi connectivity index (χ3v) is 3.88. The summed E-state index contributed by atoms with van der Waals surface area (Å²) in [5, 5.41) is 0.512. The topological polar surface area (TPSA) is 0 Å². The summed E-state index contributed by atoms with van der Waals surface area (Å²) in [6.45, 7) is 0. The highest BCUT2D eigenvalue weighted by Gasteiger charge is 2.07. The number of hydrogen-bond donors (Lipinski definition) is 0. The summed E-state index contributed by atoms with van der Waals surface area (Å²) < 4.78 is 13.3. The van der Waals surface area contributed by atoms with Crippen LogP contribution in [0.4, 0.5) is 4.39 Å². The molecule has 0 amide bonds. The van der Waals surface area contributed by atoms with Crippen molar-refractivity contribution in [2.75, 3.05) is 6.26 Å². The van der Waals surface area contributed by atoms with Crippen LogP contribution in [0.2, 0.25) is 5.02 Å². The van der Waals surface area contributed by atoms with Gasteiger partial charge in [-0.2, -0.15) is 0 Å². The molecule has 0 aromatic heterocycles. The molecule has 0 aliphatic rings. The summed E-state index contributed by atoms with van der Waals surface area (Å²) in [6, 6.07) is 3.12. The molecule has 0 radical (unpaired) electrons. The minimum atomic E-state index is -0.256. The molecule has 0 aliphatic carbocycles. The van der Waals surface area contributed by atoms with Gasteiger partial charge in [-0.25, -0.2) is 4.39 Å². The Morgan fingerprint density at radius 3 is 2.73 bits per heavy atom. The van der Waals surface area contributed by atoms with E-state index in [0.29, 0.717) is 8.59 Å². The van der Waals surface area contributed by atoms with Crippen molar-refractivity contribution in [2.45, 2.75) is 4.90 Å². The van der Waals surface area contributed by atoms with Crippen LogP contribution in [0.5, 0.6) is 0 Å². The summed E-state index contributed by atoms with van der Waals surface area (Å²) in [6.07, 6.45) is 1.91. The fourth-order valence-electron chi connectivity index (χ4n) is 0.666. The molecule has 11 heavy (non-hydrogen) atoms. The molecule has 60 valence electrons. The van der Waals surface area contributed by atoms with E-state index in [2.05, 4.69) is 0 Å². The van der Waals surface area contributed by atoms with Crippen molar-refractivity contribution in [3.8, 4) is 0 Å². The number of thioether (sulfide) groups is 1. The van der Waals surface area contributed by atoms with E-state index in [1.165, 1.54) is 17.8 Å². The first-order valence-electron chi connectivity index (χ1n) is 2.84. The van der Waals surface area contributed by atoms with Crippen molar-refractivity contribution in [3.63, 3.8) is 0 Å². The summed E-state index contributed by atoms with van der Waals surface area (Å²) >= 11 is 9.24. The first-order valence-corrected chi connectivity index (χ1v) is 5.52. The molecule has 0 N–H and O–H groups in total. The first-order chi connectivity index (χ1) is 5.16.